The van der Waals surface area contributed by atoms with Crippen LogP contribution in [0.2, 0.25) is 5.15 Å². The number of nitrogens with two attached hydrogens (primary N) is 1. The maximum atomic E-state index is 14.3. The standard InChI is InChI=1S/C31H40ClN3O4/c1-16-14-19(30(3,4)5)24(20(15-16)31(6,7)8)39-29(38)23-22(18-12-10-9-11-13-18)25(32)35-27(23)34-26(33)21(17(2)36)28(35)37/h9-13,16,19-20,24,36H,14-15H2,1-8H3,(H2,33,34)/b21-17+. The van der Waals surface area contributed by atoms with E-state index in [1.54, 1.807) is 0 Å². The number of nitrogens with zero attached hydrogens (tertiary/aromatic N) is 2. The lowest BCUT2D eigenvalue weighted by Gasteiger charge is -2.50. The molecule has 0 saturated heterocycles. The van der Waals surface area contributed by atoms with Crippen LogP contribution in [0.1, 0.15) is 78.6 Å². The monoisotopic (exact) mass is 553 g/mol. The van der Waals surface area contributed by atoms with Gasteiger partial charge < -0.3 is 15.6 Å². The van der Waals surface area contributed by atoms with Gasteiger partial charge in [0.25, 0.3) is 5.56 Å². The van der Waals surface area contributed by atoms with Gasteiger partial charge in [0, 0.05) is 17.4 Å². The second-order valence-corrected chi connectivity index (χ2v) is 13.6. The lowest BCUT2D eigenvalue weighted by atomic mass is 9.59. The minimum atomic E-state index is -0.648. The summed E-state index contributed by atoms with van der Waals surface area (Å²) in [6, 6.07) is 9.14. The molecule has 0 aliphatic heterocycles. The Bertz CT molecular complexity index is 1490. The number of hydrogen-bond acceptors (Lipinski definition) is 6. The number of halogens is 1. The Kier molecular flexibility index (Phi) is 7.54. The number of rotatable bonds is 3. The second-order valence-electron chi connectivity index (χ2n) is 13.2. The molecule has 2 unspecified atom stereocenters. The van der Waals surface area contributed by atoms with Gasteiger partial charge >= 0.3 is 5.97 Å². The van der Waals surface area contributed by atoms with Crippen molar-refractivity contribution in [2.75, 3.05) is 5.73 Å². The number of carbonyl (C=O) groups is 1. The molecule has 1 saturated carbocycles. The van der Waals surface area contributed by atoms with E-state index in [1.165, 1.54) is 6.92 Å². The first-order valence-electron chi connectivity index (χ1n) is 13.5. The van der Waals surface area contributed by atoms with E-state index in [0.29, 0.717) is 17.0 Å². The number of hydrogen-bond donors (Lipinski definition) is 2. The molecule has 1 aromatic carbocycles. The van der Waals surface area contributed by atoms with Gasteiger partial charge in [-0.25, -0.2) is 14.2 Å². The summed E-state index contributed by atoms with van der Waals surface area (Å²) in [5.41, 5.74) is 6.37. The highest BCUT2D eigenvalue weighted by molar-refractivity contribution is 6.34. The Hall–Kier alpha value is -3.06. The molecule has 0 radical (unpaired) electrons. The van der Waals surface area contributed by atoms with Crippen molar-refractivity contribution >= 4 is 34.8 Å². The Balaban J connectivity index is 1.98. The lowest BCUT2D eigenvalue weighted by Crippen LogP contribution is -2.49. The molecule has 39 heavy (non-hydrogen) atoms. The van der Waals surface area contributed by atoms with E-state index in [2.05, 4.69) is 53.5 Å². The van der Waals surface area contributed by atoms with Crippen LogP contribution in [0.4, 0.5) is 5.82 Å². The van der Waals surface area contributed by atoms with Crippen LogP contribution in [0.5, 0.6) is 0 Å². The number of anilines is 1. The number of aromatic nitrogens is 2. The van der Waals surface area contributed by atoms with Crippen LogP contribution in [0, 0.1) is 28.6 Å². The maximum Gasteiger partial charge on any atom is 0.342 e. The fraction of sp³-hybridized carbons (Fsp3) is 0.516. The summed E-state index contributed by atoms with van der Waals surface area (Å²) in [6.45, 7) is 16.8. The van der Waals surface area contributed by atoms with E-state index in [4.69, 9.17) is 22.1 Å². The van der Waals surface area contributed by atoms with Crippen molar-refractivity contribution in [3.8, 4) is 11.1 Å². The minimum Gasteiger partial charge on any atom is -0.512 e. The Morgan fingerprint density at radius 1 is 1.08 bits per heavy atom. The lowest BCUT2D eigenvalue weighted by molar-refractivity contribution is -0.0922. The predicted octanol–water partition coefficient (Wildman–Crippen LogP) is 6.28. The normalized spacial score (nSPS) is 23.1. The largest absolute Gasteiger partial charge is 0.512 e. The Morgan fingerprint density at radius 3 is 2.10 bits per heavy atom. The number of esters is 1. The van der Waals surface area contributed by atoms with Crippen molar-refractivity contribution in [1.82, 2.24) is 9.38 Å². The summed E-state index contributed by atoms with van der Waals surface area (Å²) in [5, 5.41) is 10.00. The highest BCUT2D eigenvalue weighted by atomic mass is 35.5. The van der Waals surface area contributed by atoms with E-state index < -0.39 is 11.5 Å². The molecule has 1 fully saturated rings. The average molecular weight is 554 g/mol. The van der Waals surface area contributed by atoms with Gasteiger partial charge in [-0.05, 0) is 42.1 Å². The van der Waals surface area contributed by atoms with Gasteiger partial charge in [0.05, 0.1) is 0 Å². The summed E-state index contributed by atoms with van der Waals surface area (Å²) in [6.07, 6.45) is 1.55. The van der Waals surface area contributed by atoms with Crippen molar-refractivity contribution in [3.05, 3.63) is 56.6 Å². The zero-order valence-corrected chi connectivity index (χ0v) is 24.9. The van der Waals surface area contributed by atoms with E-state index in [0.717, 1.165) is 17.2 Å². The molecule has 7 nitrogen and oxygen atoms in total. The first-order chi connectivity index (χ1) is 18.0. The van der Waals surface area contributed by atoms with E-state index in [9.17, 15) is 14.7 Å². The summed E-state index contributed by atoms with van der Waals surface area (Å²) in [5.74, 6) is -0.291. The number of fused-ring (bicyclic) bond motifs is 1. The molecule has 3 N–H and O–H groups in total. The molecule has 2 heterocycles. The van der Waals surface area contributed by atoms with Crippen molar-refractivity contribution in [2.45, 2.75) is 74.3 Å². The molecule has 210 valence electrons. The van der Waals surface area contributed by atoms with Crippen molar-refractivity contribution in [1.29, 1.82) is 0 Å². The molecule has 1 aliphatic carbocycles. The maximum absolute atomic E-state index is 14.3. The van der Waals surface area contributed by atoms with Gasteiger partial charge in [-0.1, -0.05) is 90.4 Å². The van der Waals surface area contributed by atoms with Crippen LogP contribution in [-0.4, -0.2) is 26.6 Å². The zero-order chi connectivity index (χ0) is 29.0. The number of aliphatic hydroxyl groups excluding tert-OH is 1. The molecule has 3 aromatic rings. The summed E-state index contributed by atoms with van der Waals surface area (Å²) < 4.78 is 7.63. The molecule has 2 aromatic heterocycles. The number of benzene rings is 1. The number of ether oxygens (including phenoxy) is 1. The molecular weight excluding hydrogens is 514 g/mol. The topological polar surface area (TPSA) is 107 Å². The fourth-order valence-corrected chi connectivity index (χ4v) is 6.53. The first kappa shape index (κ1) is 28.9. The van der Waals surface area contributed by atoms with Gasteiger partial charge in [0.1, 0.15) is 33.6 Å². The van der Waals surface area contributed by atoms with Gasteiger partial charge in [0.15, 0.2) is 5.65 Å². The van der Waals surface area contributed by atoms with E-state index >= 15 is 0 Å². The average Bonchev–Trinajstić information content (AvgIpc) is 3.10. The van der Waals surface area contributed by atoms with Gasteiger partial charge in [0.2, 0.25) is 0 Å². The third-order valence-corrected chi connectivity index (χ3v) is 8.55. The van der Waals surface area contributed by atoms with Crippen molar-refractivity contribution < 1.29 is 14.6 Å². The fourth-order valence-electron chi connectivity index (χ4n) is 6.17. The van der Waals surface area contributed by atoms with Gasteiger partial charge in [-0.2, -0.15) is 0 Å². The molecule has 0 bridgehead atoms. The predicted molar refractivity (Wildman–Crippen MR) is 157 cm³/mol. The molecule has 0 spiro atoms. The zero-order valence-electron chi connectivity index (χ0n) is 24.1. The van der Waals surface area contributed by atoms with Crippen molar-refractivity contribution in [2.24, 2.45) is 28.6 Å². The van der Waals surface area contributed by atoms with Crippen LogP contribution in [0.15, 0.2) is 35.1 Å². The van der Waals surface area contributed by atoms with E-state index in [-0.39, 0.29) is 61.9 Å². The minimum absolute atomic E-state index is 0.0140. The molecule has 1 aliphatic rings. The highest BCUT2D eigenvalue weighted by Gasteiger charge is 2.48. The highest BCUT2D eigenvalue weighted by Crippen LogP contribution is 2.50. The number of nitrogen functional groups attached to an aromatic ring is 1. The Labute approximate surface area is 235 Å². The third kappa shape index (κ3) is 5.25. The quantitative estimate of drug-likeness (QED) is 0.369. The summed E-state index contributed by atoms with van der Waals surface area (Å²) >= 11 is 6.82. The smallest absolute Gasteiger partial charge is 0.342 e. The van der Waals surface area contributed by atoms with E-state index in [1.807, 2.05) is 30.3 Å². The van der Waals surface area contributed by atoms with Crippen LogP contribution < -0.4 is 16.5 Å². The van der Waals surface area contributed by atoms with Gasteiger partial charge in [-0.15, -0.1) is 0 Å². The summed E-state index contributed by atoms with van der Waals surface area (Å²) in [7, 11) is 0. The molecule has 0 amide bonds. The summed E-state index contributed by atoms with van der Waals surface area (Å²) in [4.78, 5) is 32.1. The van der Waals surface area contributed by atoms with Crippen molar-refractivity contribution in [3.63, 3.8) is 0 Å². The Morgan fingerprint density at radius 2 is 1.62 bits per heavy atom. The van der Waals surface area contributed by atoms with Crippen LogP contribution >= 0.6 is 11.6 Å². The number of carbonyl (C=O) groups excluding carboxylic acids is 1. The number of aliphatic hydroxyl groups is 1. The molecular formula is C31H40ClN3O4. The first-order valence-corrected chi connectivity index (χ1v) is 13.9. The molecule has 2 atom stereocenters. The van der Waals surface area contributed by atoms with Gasteiger partial charge in [-0.3, -0.25) is 4.79 Å². The van der Waals surface area contributed by atoms with Crippen LogP contribution in [0.3, 0.4) is 0 Å². The van der Waals surface area contributed by atoms with Crippen LogP contribution in [0.25, 0.3) is 22.5 Å². The van der Waals surface area contributed by atoms with Crippen LogP contribution in [-0.2, 0) is 4.74 Å². The molecule has 4 rings (SSSR count). The second kappa shape index (κ2) is 10.2. The third-order valence-electron chi connectivity index (χ3n) is 8.19. The SMILES string of the molecule is C/C(O)=c1/c(N)nc2c(C(=O)OC3C(C(C)(C)C)CC(C)CC3C(C)(C)C)c(-c3ccccc3)c(Cl)n2c1=O. The molecule has 8 heteroatoms.